The van der Waals surface area contributed by atoms with Crippen molar-refractivity contribution in [3.05, 3.63) is 52.5 Å². The molecule has 2 aliphatic rings. The number of aromatic nitrogens is 2. The smallest absolute Gasteiger partial charge is 0.145 e. The van der Waals surface area contributed by atoms with Crippen LogP contribution in [0.25, 0.3) is 22.4 Å². The maximum atomic E-state index is 13.3. The fourth-order valence-electron chi connectivity index (χ4n) is 4.43. The molecule has 0 radical (unpaired) electrons. The van der Waals surface area contributed by atoms with E-state index in [1.807, 2.05) is 42.5 Å². The third-order valence-corrected chi connectivity index (χ3v) is 6.68. The summed E-state index contributed by atoms with van der Waals surface area (Å²) in [7, 11) is 0. The van der Waals surface area contributed by atoms with Gasteiger partial charge in [-0.05, 0) is 56.1 Å². The van der Waals surface area contributed by atoms with Gasteiger partial charge in [-0.1, -0.05) is 28.1 Å². The molecule has 5 nitrogen and oxygen atoms in total. The van der Waals surface area contributed by atoms with E-state index >= 15 is 0 Å². The van der Waals surface area contributed by atoms with Gasteiger partial charge in [0.25, 0.3) is 0 Å². The van der Waals surface area contributed by atoms with Gasteiger partial charge in [0.15, 0.2) is 0 Å². The Balaban J connectivity index is 1.66. The Hall–Kier alpha value is -2.49. The van der Waals surface area contributed by atoms with Crippen LogP contribution in [0.1, 0.15) is 24.8 Å². The first kappa shape index (κ1) is 18.5. The third-order valence-electron chi connectivity index (χ3n) is 6.16. The van der Waals surface area contributed by atoms with Crippen LogP contribution in [0, 0.1) is 22.7 Å². The fourth-order valence-corrected chi connectivity index (χ4v) is 4.69. The van der Waals surface area contributed by atoms with Crippen LogP contribution < -0.4 is 5.32 Å². The van der Waals surface area contributed by atoms with Gasteiger partial charge in [0.05, 0.1) is 28.1 Å². The molecule has 1 atom stereocenters. The predicted molar refractivity (Wildman–Crippen MR) is 115 cm³/mol. The van der Waals surface area contributed by atoms with Gasteiger partial charge < -0.3 is 9.88 Å². The Morgan fingerprint density at radius 3 is 2.72 bits per heavy atom. The van der Waals surface area contributed by atoms with Crippen molar-refractivity contribution in [1.82, 2.24) is 14.9 Å². The maximum absolute atomic E-state index is 13.3. The summed E-state index contributed by atoms with van der Waals surface area (Å²) < 4.78 is 3.20. The molecule has 146 valence electrons. The van der Waals surface area contributed by atoms with Crippen LogP contribution in [0.3, 0.4) is 0 Å². The minimum absolute atomic E-state index is 0.228. The maximum Gasteiger partial charge on any atom is 0.145 e. The summed E-state index contributed by atoms with van der Waals surface area (Å²) in [5, 5.41) is 12.7. The number of hydrogen-bond donors (Lipinski definition) is 1. The van der Waals surface area contributed by atoms with E-state index in [0.717, 1.165) is 59.2 Å². The normalized spacial score (nSPS) is 21.4. The molecule has 1 saturated carbocycles. The number of halogens is 1. The molecule has 0 unspecified atom stereocenters. The lowest BCUT2D eigenvalue weighted by molar-refractivity contribution is -0.129. The van der Waals surface area contributed by atoms with Crippen molar-refractivity contribution in [2.75, 3.05) is 13.1 Å². The molecule has 2 fully saturated rings. The number of ketones is 1. The number of hydrogen-bond acceptors (Lipinski definition) is 4. The van der Waals surface area contributed by atoms with Crippen molar-refractivity contribution < 1.29 is 4.79 Å². The second-order valence-corrected chi connectivity index (χ2v) is 9.11. The molecule has 0 spiro atoms. The number of carbonyl (C=O) groups is 1. The highest BCUT2D eigenvalue weighted by molar-refractivity contribution is 9.10. The molecule has 2 aromatic carbocycles. The van der Waals surface area contributed by atoms with Crippen LogP contribution in [0.2, 0.25) is 0 Å². The van der Waals surface area contributed by atoms with E-state index < -0.39 is 0 Å². The standard InChI is InChI=1S/C23H21BrN4O/c24-18-6-4-17(5-7-18)22-27-19-11-15(12-25)1-8-20(19)28(22)14-23(9-10-26-13-23)21(29)16-2-3-16/h1,4-8,11,16,26H,2-3,9-10,13-14H2/t23-/m0/s1. The lowest BCUT2D eigenvalue weighted by Gasteiger charge is -2.28. The summed E-state index contributed by atoms with van der Waals surface area (Å²) in [4.78, 5) is 18.1. The third kappa shape index (κ3) is 3.29. The monoisotopic (exact) mass is 448 g/mol. The first-order chi connectivity index (χ1) is 14.1. The molecule has 0 bridgehead atoms. The molecule has 29 heavy (non-hydrogen) atoms. The average molecular weight is 449 g/mol. The second kappa shape index (κ2) is 7.08. The van der Waals surface area contributed by atoms with Gasteiger partial charge in [-0.3, -0.25) is 4.79 Å². The molecule has 3 aromatic rings. The first-order valence-corrected chi connectivity index (χ1v) is 10.8. The van der Waals surface area contributed by atoms with Crippen LogP contribution in [0.15, 0.2) is 46.9 Å². The van der Waals surface area contributed by atoms with Crippen LogP contribution in [0.4, 0.5) is 0 Å². The Morgan fingerprint density at radius 1 is 1.28 bits per heavy atom. The largest absolute Gasteiger partial charge is 0.323 e. The highest BCUT2D eigenvalue weighted by atomic mass is 79.9. The van der Waals surface area contributed by atoms with Crippen molar-refractivity contribution in [1.29, 1.82) is 5.26 Å². The number of benzene rings is 2. The van der Waals surface area contributed by atoms with E-state index in [1.165, 1.54) is 0 Å². The summed E-state index contributed by atoms with van der Waals surface area (Å²) in [6.45, 7) is 2.21. The van der Waals surface area contributed by atoms with Gasteiger partial charge in [0.2, 0.25) is 0 Å². The zero-order valence-electron chi connectivity index (χ0n) is 16.0. The van der Waals surface area contributed by atoms with Crippen molar-refractivity contribution in [3.63, 3.8) is 0 Å². The van der Waals surface area contributed by atoms with Crippen molar-refractivity contribution >= 4 is 32.7 Å². The first-order valence-electron chi connectivity index (χ1n) is 10.0. The van der Waals surface area contributed by atoms with Crippen molar-refractivity contribution in [2.24, 2.45) is 11.3 Å². The lowest BCUT2D eigenvalue weighted by Crippen LogP contribution is -2.39. The minimum atomic E-state index is -0.382. The molecule has 6 heteroatoms. The second-order valence-electron chi connectivity index (χ2n) is 8.19. The van der Waals surface area contributed by atoms with Crippen LogP contribution in [0.5, 0.6) is 0 Å². The summed E-state index contributed by atoms with van der Waals surface area (Å²) in [5.74, 6) is 1.48. The lowest BCUT2D eigenvalue weighted by atomic mass is 9.80. The number of nitrogens with one attached hydrogen (secondary N) is 1. The molecular formula is C23H21BrN4O. The highest BCUT2D eigenvalue weighted by Gasteiger charge is 2.48. The van der Waals surface area contributed by atoms with Crippen molar-refractivity contribution in [3.8, 4) is 17.5 Å². The number of nitriles is 1. The van der Waals surface area contributed by atoms with Crippen molar-refractivity contribution in [2.45, 2.75) is 25.8 Å². The molecule has 1 aliphatic carbocycles. The molecule has 0 amide bonds. The van der Waals surface area contributed by atoms with Gasteiger partial charge in [-0.15, -0.1) is 0 Å². The predicted octanol–water partition coefficient (Wildman–Crippen LogP) is 4.30. The molecule has 1 aliphatic heterocycles. The average Bonchev–Trinajstić information content (AvgIpc) is 3.38. The van der Waals surface area contributed by atoms with Gasteiger partial charge >= 0.3 is 0 Å². The van der Waals surface area contributed by atoms with E-state index in [1.54, 1.807) is 0 Å². The SMILES string of the molecule is N#Cc1ccc2c(c1)nc(-c1ccc(Br)cc1)n2C[C@]1(C(=O)C2CC2)CCNC1. The van der Waals surface area contributed by atoms with E-state index in [-0.39, 0.29) is 11.3 Å². The van der Waals surface area contributed by atoms with Crippen LogP contribution in [-0.2, 0) is 11.3 Å². The van der Waals surface area contributed by atoms with E-state index in [2.05, 4.69) is 31.9 Å². The van der Waals surface area contributed by atoms with Gasteiger partial charge in [-0.2, -0.15) is 5.26 Å². The topological polar surface area (TPSA) is 70.7 Å². The Labute approximate surface area is 177 Å². The number of imidazole rings is 1. The van der Waals surface area contributed by atoms with Gasteiger partial charge in [-0.25, -0.2) is 4.98 Å². The number of rotatable bonds is 5. The molecule has 1 aromatic heterocycles. The molecule has 1 N–H and O–H groups in total. The van der Waals surface area contributed by atoms with E-state index in [4.69, 9.17) is 4.98 Å². The fraction of sp³-hybridized carbons (Fsp3) is 0.348. The Kier molecular flexibility index (Phi) is 4.53. The summed E-state index contributed by atoms with van der Waals surface area (Å²) in [5.41, 5.74) is 2.98. The molecular weight excluding hydrogens is 428 g/mol. The summed E-state index contributed by atoms with van der Waals surface area (Å²) in [6, 6.07) is 15.9. The minimum Gasteiger partial charge on any atom is -0.323 e. The zero-order valence-corrected chi connectivity index (χ0v) is 17.6. The molecule has 2 heterocycles. The molecule has 1 saturated heterocycles. The van der Waals surface area contributed by atoms with Crippen LogP contribution >= 0.6 is 15.9 Å². The van der Waals surface area contributed by atoms with E-state index in [9.17, 15) is 10.1 Å². The highest BCUT2D eigenvalue weighted by Crippen LogP contribution is 2.42. The number of Topliss-reactive ketones (excluding diaryl/α,β-unsaturated/α-hetero) is 1. The van der Waals surface area contributed by atoms with Gasteiger partial charge in [0.1, 0.15) is 11.6 Å². The number of fused-ring (bicyclic) bond motifs is 1. The summed E-state index contributed by atoms with van der Waals surface area (Å²) in [6.07, 6.45) is 2.91. The quantitative estimate of drug-likeness (QED) is 0.631. The Bertz CT molecular complexity index is 1130. The van der Waals surface area contributed by atoms with Gasteiger partial charge in [0, 0.05) is 29.0 Å². The zero-order chi connectivity index (χ0) is 20.0. The molecule has 5 rings (SSSR count). The summed E-state index contributed by atoms with van der Waals surface area (Å²) >= 11 is 3.50. The number of nitrogens with zero attached hydrogens (tertiary/aromatic N) is 3. The van der Waals surface area contributed by atoms with E-state index in [0.29, 0.717) is 17.9 Å². The van der Waals surface area contributed by atoms with Crippen LogP contribution in [-0.4, -0.2) is 28.4 Å². The number of carbonyl (C=O) groups excluding carboxylic acids is 1. The Morgan fingerprint density at radius 2 is 2.07 bits per heavy atom.